The number of nitrogens with zero attached hydrogens (tertiary/aromatic N) is 3. The van der Waals surface area contributed by atoms with E-state index in [4.69, 9.17) is 4.42 Å². The van der Waals surface area contributed by atoms with Crippen LogP contribution in [0.2, 0.25) is 0 Å². The van der Waals surface area contributed by atoms with E-state index in [0.29, 0.717) is 11.3 Å². The summed E-state index contributed by atoms with van der Waals surface area (Å²) < 4.78 is 5.54. The maximum Gasteiger partial charge on any atom is 0.243 e. The maximum absolute atomic E-state index is 12.6. The van der Waals surface area contributed by atoms with E-state index in [1.165, 1.54) is 4.88 Å². The van der Waals surface area contributed by atoms with Gasteiger partial charge in [-0.25, -0.2) is 0 Å². The molecular weight excluding hydrogens is 348 g/mol. The van der Waals surface area contributed by atoms with Crippen LogP contribution in [-0.2, 0) is 11.3 Å². The molecule has 6 nitrogen and oxygen atoms in total. The summed E-state index contributed by atoms with van der Waals surface area (Å²) in [4.78, 5) is 18.6. The van der Waals surface area contributed by atoms with Crippen molar-refractivity contribution in [2.45, 2.75) is 33.4 Å². The minimum absolute atomic E-state index is 0.137. The van der Waals surface area contributed by atoms with E-state index in [1.807, 2.05) is 13.8 Å². The van der Waals surface area contributed by atoms with Crippen molar-refractivity contribution in [2.24, 2.45) is 0 Å². The summed E-state index contributed by atoms with van der Waals surface area (Å²) in [5.74, 6) is 0.782. The number of aryl methyl sites for hydroxylation is 1. The third-order valence-corrected chi connectivity index (χ3v) is 5.89. The molecule has 7 heteroatoms. The molecule has 26 heavy (non-hydrogen) atoms. The number of nitriles is 1. The standard InChI is InChI=1S/C19H24N4O2S/c1-13-15(3)25-19(17(13)11-20)21-18(24)14(2)23-8-6-22(7-9-23)12-16-5-4-10-26-16/h4-5,10,14H,6-9,12H2,1-3H3,(H,21,24). The van der Waals surface area contributed by atoms with Crippen LogP contribution in [0.3, 0.4) is 0 Å². The molecule has 0 radical (unpaired) electrons. The Bertz CT molecular complexity index is 798. The first kappa shape index (κ1) is 18.6. The van der Waals surface area contributed by atoms with Crippen LogP contribution in [0.4, 0.5) is 5.88 Å². The molecule has 3 heterocycles. The van der Waals surface area contributed by atoms with E-state index in [1.54, 1.807) is 18.3 Å². The van der Waals surface area contributed by atoms with Gasteiger partial charge in [-0.3, -0.25) is 19.9 Å². The lowest BCUT2D eigenvalue weighted by Gasteiger charge is -2.37. The van der Waals surface area contributed by atoms with Gasteiger partial charge in [0.2, 0.25) is 11.8 Å². The van der Waals surface area contributed by atoms with Crippen molar-refractivity contribution in [3.05, 3.63) is 39.3 Å². The van der Waals surface area contributed by atoms with Crippen LogP contribution in [-0.4, -0.2) is 47.9 Å². The van der Waals surface area contributed by atoms with Crippen molar-refractivity contribution in [2.75, 3.05) is 31.5 Å². The van der Waals surface area contributed by atoms with Gasteiger partial charge in [-0.1, -0.05) is 6.07 Å². The summed E-state index contributed by atoms with van der Waals surface area (Å²) in [7, 11) is 0. The molecule has 1 amide bonds. The minimum atomic E-state index is -0.267. The first-order valence-corrected chi connectivity index (χ1v) is 9.67. The molecule has 1 unspecified atom stereocenters. The molecule has 0 saturated carbocycles. The van der Waals surface area contributed by atoms with Crippen LogP contribution in [0.15, 0.2) is 21.9 Å². The number of hydrogen-bond donors (Lipinski definition) is 1. The molecule has 1 saturated heterocycles. The summed E-state index contributed by atoms with van der Waals surface area (Å²) in [5.41, 5.74) is 1.18. The molecule has 138 valence electrons. The van der Waals surface area contributed by atoms with Crippen molar-refractivity contribution < 1.29 is 9.21 Å². The molecule has 1 aliphatic rings. The second-order valence-electron chi connectivity index (χ2n) is 6.66. The van der Waals surface area contributed by atoms with Gasteiger partial charge in [0.15, 0.2) is 0 Å². The largest absolute Gasteiger partial charge is 0.444 e. The Hall–Kier alpha value is -2.14. The highest BCUT2D eigenvalue weighted by Crippen LogP contribution is 2.25. The number of carbonyl (C=O) groups is 1. The summed E-state index contributed by atoms with van der Waals surface area (Å²) in [5, 5.41) is 14.2. The third kappa shape index (κ3) is 3.98. The molecule has 0 bridgehead atoms. The van der Waals surface area contributed by atoms with Crippen LogP contribution in [0, 0.1) is 25.2 Å². The molecule has 1 fully saturated rings. The van der Waals surface area contributed by atoms with Crippen LogP contribution in [0.1, 0.15) is 28.7 Å². The van der Waals surface area contributed by atoms with E-state index >= 15 is 0 Å². The number of nitrogens with one attached hydrogen (secondary N) is 1. The zero-order valence-electron chi connectivity index (χ0n) is 15.4. The van der Waals surface area contributed by atoms with Gasteiger partial charge >= 0.3 is 0 Å². The fourth-order valence-electron chi connectivity index (χ4n) is 3.16. The lowest BCUT2D eigenvalue weighted by atomic mass is 10.1. The Morgan fingerprint density at radius 3 is 2.73 bits per heavy atom. The number of hydrogen-bond acceptors (Lipinski definition) is 6. The fraction of sp³-hybridized carbons (Fsp3) is 0.474. The van der Waals surface area contributed by atoms with E-state index in [9.17, 15) is 10.1 Å². The summed E-state index contributed by atoms with van der Waals surface area (Å²) >= 11 is 1.78. The molecule has 2 aromatic heterocycles. The van der Waals surface area contributed by atoms with Gasteiger partial charge in [0, 0.05) is 43.2 Å². The highest BCUT2D eigenvalue weighted by molar-refractivity contribution is 7.09. The molecule has 1 aliphatic heterocycles. The van der Waals surface area contributed by atoms with Crippen LogP contribution in [0.25, 0.3) is 0 Å². The molecular formula is C19H24N4O2S. The molecule has 1 atom stereocenters. The number of anilines is 1. The Kier molecular flexibility index (Phi) is 5.77. The van der Waals surface area contributed by atoms with Crippen molar-refractivity contribution in [3.63, 3.8) is 0 Å². The molecule has 1 N–H and O–H groups in total. The molecule has 2 aromatic rings. The van der Waals surface area contributed by atoms with Gasteiger partial charge in [0.25, 0.3) is 0 Å². The summed E-state index contributed by atoms with van der Waals surface area (Å²) in [6.07, 6.45) is 0. The molecule has 0 spiro atoms. The van der Waals surface area contributed by atoms with Crippen molar-refractivity contribution >= 4 is 23.1 Å². The lowest BCUT2D eigenvalue weighted by Crippen LogP contribution is -2.52. The molecule has 0 aromatic carbocycles. The Balaban J connectivity index is 1.55. The van der Waals surface area contributed by atoms with Gasteiger partial charge in [-0.05, 0) is 32.2 Å². The SMILES string of the molecule is Cc1oc(NC(=O)C(C)N2CCN(Cc3cccs3)CC2)c(C#N)c1C. The van der Waals surface area contributed by atoms with Gasteiger partial charge in [0.05, 0.1) is 6.04 Å². The van der Waals surface area contributed by atoms with Gasteiger partial charge in [-0.2, -0.15) is 5.26 Å². The van der Waals surface area contributed by atoms with Crippen molar-refractivity contribution in [1.82, 2.24) is 9.80 Å². The average Bonchev–Trinajstić information content (AvgIpc) is 3.23. The number of piperazine rings is 1. The van der Waals surface area contributed by atoms with Gasteiger partial charge in [0.1, 0.15) is 17.4 Å². The normalized spacial score (nSPS) is 17.0. The Morgan fingerprint density at radius 1 is 1.38 bits per heavy atom. The van der Waals surface area contributed by atoms with E-state index in [0.717, 1.165) is 38.3 Å². The number of furan rings is 1. The highest BCUT2D eigenvalue weighted by atomic mass is 32.1. The summed E-state index contributed by atoms with van der Waals surface area (Å²) in [6.45, 7) is 10.1. The second-order valence-corrected chi connectivity index (χ2v) is 7.69. The number of thiophene rings is 1. The Morgan fingerprint density at radius 2 is 2.12 bits per heavy atom. The quantitative estimate of drug-likeness (QED) is 0.874. The fourth-order valence-corrected chi connectivity index (χ4v) is 3.91. The predicted molar refractivity (Wildman–Crippen MR) is 102 cm³/mol. The van der Waals surface area contributed by atoms with Gasteiger partial charge < -0.3 is 4.42 Å². The van der Waals surface area contributed by atoms with E-state index in [-0.39, 0.29) is 17.8 Å². The number of amides is 1. The van der Waals surface area contributed by atoms with Crippen molar-refractivity contribution in [3.8, 4) is 6.07 Å². The first-order valence-electron chi connectivity index (χ1n) is 8.79. The number of rotatable bonds is 5. The topological polar surface area (TPSA) is 72.5 Å². The number of carbonyl (C=O) groups excluding carboxylic acids is 1. The van der Waals surface area contributed by atoms with E-state index < -0.39 is 0 Å². The smallest absolute Gasteiger partial charge is 0.243 e. The summed E-state index contributed by atoms with van der Waals surface area (Å²) in [6, 6.07) is 6.08. The highest BCUT2D eigenvalue weighted by Gasteiger charge is 2.27. The third-order valence-electron chi connectivity index (χ3n) is 5.03. The second kappa shape index (κ2) is 8.04. The maximum atomic E-state index is 12.6. The van der Waals surface area contributed by atoms with Crippen molar-refractivity contribution in [1.29, 1.82) is 5.26 Å². The van der Waals surface area contributed by atoms with Crippen LogP contribution >= 0.6 is 11.3 Å². The zero-order valence-corrected chi connectivity index (χ0v) is 16.2. The monoisotopic (exact) mass is 372 g/mol. The average molecular weight is 372 g/mol. The predicted octanol–water partition coefficient (Wildman–Crippen LogP) is 2.97. The van der Waals surface area contributed by atoms with Crippen LogP contribution in [0.5, 0.6) is 0 Å². The lowest BCUT2D eigenvalue weighted by molar-refractivity contribution is -0.121. The molecule has 0 aliphatic carbocycles. The van der Waals surface area contributed by atoms with E-state index in [2.05, 4.69) is 38.7 Å². The van der Waals surface area contributed by atoms with Gasteiger partial charge in [-0.15, -0.1) is 11.3 Å². The minimum Gasteiger partial charge on any atom is -0.444 e. The Labute approximate surface area is 158 Å². The molecule has 3 rings (SSSR count). The zero-order chi connectivity index (χ0) is 18.7. The van der Waals surface area contributed by atoms with Crippen LogP contribution < -0.4 is 5.32 Å². The first-order chi connectivity index (χ1) is 12.5.